The van der Waals surface area contributed by atoms with Crippen LogP contribution in [0.5, 0.6) is 0 Å². The molecule has 20 heavy (non-hydrogen) atoms. The zero-order valence-corrected chi connectivity index (χ0v) is 12.3. The SMILES string of the molecule is CCCNC(COCCC)c1cnc2ccccc2n1. The summed E-state index contributed by atoms with van der Waals surface area (Å²) < 4.78 is 5.68. The van der Waals surface area contributed by atoms with Gasteiger partial charge in [-0.2, -0.15) is 0 Å². The molecule has 0 saturated heterocycles. The van der Waals surface area contributed by atoms with Crippen LogP contribution in [-0.2, 0) is 4.74 Å². The van der Waals surface area contributed by atoms with Gasteiger partial charge >= 0.3 is 0 Å². The molecular formula is C16H23N3O. The molecule has 0 saturated carbocycles. The van der Waals surface area contributed by atoms with Crippen molar-refractivity contribution >= 4 is 11.0 Å². The number of para-hydroxylation sites is 2. The Bertz CT molecular complexity index is 530. The van der Waals surface area contributed by atoms with Gasteiger partial charge in [0.1, 0.15) is 0 Å². The summed E-state index contributed by atoms with van der Waals surface area (Å²) in [5.41, 5.74) is 2.82. The molecule has 0 aliphatic heterocycles. The first kappa shape index (κ1) is 14.9. The molecule has 2 rings (SSSR count). The van der Waals surface area contributed by atoms with Gasteiger partial charge in [0.25, 0.3) is 0 Å². The maximum Gasteiger partial charge on any atom is 0.0890 e. The van der Waals surface area contributed by atoms with Crippen molar-refractivity contribution in [3.8, 4) is 0 Å². The third-order valence-corrected chi connectivity index (χ3v) is 3.10. The Balaban J connectivity index is 2.15. The van der Waals surface area contributed by atoms with E-state index >= 15 is 0 Å². The Kier molecular flexibility index (Phi) is 5.89. The number of nitrogens with zero attached hydrogens (tertiary/aromatic N) is 2. The predicted molar refractivity (Wildman–Crippen MR) is 81.7 cm³/mol. The van der Waals surface area contributed by atoms with E-state index in [1.807, 2.05) is 30.5 Å². The Morgan fingerprint density at radius 3 is 2.70 bits per heavy atom. The maximum atomic E-state index is 5.68. The first-order valence-electron chi connectivity index (χ1n) is 7.38. The van der Waals surface area contributed by atoms with Crippen LogP contribution in [0.3, 0.4) is 0 Å². The second kappa shape index (κ2) is 7.92. The molecule has 108 valence electrons. The Labute approximate surface area is 120 Å². The molecular weight excluding hydrogens is 250 g/mol. The maximum absolute atomic E-state index is 5.68. The summed E-state index contributed by atoms with van der Waals surface area (Å²) in [4.78, 5) is 9.18. The predicted octanol–water partition coefficient (Wildman–Crippen LogP) is 3.10. The minimum Gasteiger partial charge on any atom is -0.379 e. The van der Waals surface area contributed by atoms with E-state index in [-0.39, 0.29) is 6.04 Å². The van der Waals surface area contributed by atoms with Crippen molar-refractivity contribution in [2.45, 2.75) is 32.7 Å². The summed E-state index contributed by atoms with van der Waals surface area (Å²) in [7, 11) is 0. The monoisotopic (exact) mass is 273 g/mol. The highest BCUT2D eigenvalue weighted by molar-refractivity contribution is 5.73. The summed E-state index contributed by atoms with van der Waals surface area (Å²) in [6, 6.07) is 8.05. The van der Waals surface area contributed by atoms with Gasteiger partial charge in [-0.1, -0.05) is 26.0 Å². The lowest BCUT2D eigenvalue weighted by atomic mass is 10.2. The van der Waals surface area contributed by atoms with Crippen molar-refractivity contribution in [1.29, 1.82) is 0 Å². The van der Waals surface area contributed by atoms with E-state index in [1.54, 1.807) is 0 Å². The van der Waals surface area contributed by atoms with Crippen molar-refractivity contribution in [3.05, 3.63) is 36.2 Å². The van der Waals surface area contributed by atoms with E-state index in [9.17, 15) is 0 Å². The second-order valence-corrected chi connectivity index (χ2v) is 4.87. The van der Waals surface area contributed by atoms with E-state index in [0.29, 0.717) is 6.61 Å². The minimum atomic E-state index is 0.110. The Morgan fingerprint density at radius 1 is 1.15 bits per heavy atom. The molecule has 4 nitrogen and oxygen atoms in total. The topological polar surface area (TPSA) is 47.0 Å². The molecule has 0 amide bonds. The van der Waals surface area contributed by atoms with Crippen LogP contribution in [-0.4, -0.2) is 29.7 Å². The summed E-state index contributed by atoms with van der Waals surface area (Å²) in [6.45, 7) is 6.65. The van der Waals surface area contributed by atoms with Gasteiger partial charge in [-0.15, -0.1) is 0 Å². The molecule has 1 aromatic heterocycles. The second-order valence-electron chi connectivity index (χ2n) is 4.87. The summed E-state index contributed by atoms with van der Waals surface area (Å²) in [5, 5.41) is 3.48. The van der Waals surface area contributed by atoms with Crippen LogP contribution in [0.15, 0.2) is 30.5 Å². The standard InChI is InChI=1S/C16H23N3O/c1-3-9-17-16(12-20-10-4-2)15-11-18-13-7-5-6-8-14(13)19-15/h5-8,11,16-17H,3-4,9-10,12H2,1-2H3. The quantitative estimate of drug-likeness (QED) is 0.751. The fourth-order valence-electron chi connectivity index (χ4n) is 2.05. The zero-order valence-electron chi connectivity index (χ0n) is 12.3. The van der Waals surface area contributed by atoms with Gasteiger partial charge in [-0.25, -0.2) is 4.98 Å². The Hall–Kier alpha value is -1.52. The fraction of sp³-hybridized carbons (Fsp3) is 0.500. The van der Waals surface area contributed by atoms with Crippen LogP contribution in [0.4, 0.5) is 0 Å². The van der Waals surface area contributed by atoms with Gasteiger partial charge in [-0.05, 0) is 31.5 Å². The van der Waals surface area contributed by atoms with Gasteiger partial charge in [-0.3, -0.25) is 4.98 Å². The molecule has 0 aliphatic rings. The van der Waals surface area contributed by atoms with Gasteiger partial charge in [0.15, 0.2) is 0 Å². The third-order valence-electron chi connectivity index (χ3n) is 3.10. The normalized spacial score (nSPS) is 12.7. The molecule has 1 heterocycles. The molecule has 0 aliphatic carbocycles. The largest absolute Gasteiger partial charge is 0.379 e. The minimum absolute atomic E-state index is 0.110. The van der Waals surface area contributed by atoms with Crippen LogP contribution in [0.1, 0.15) is 38.4 Å². The van der Waals surface area contributed by atoms with Gasteiger partial charge in [0, 0.05) is 6.61 Å². The first-order chi connectivity index (χ1) is 9.85. The Morgan fingerprint density at radius 2 is 1.95 bits per heavy atom. The highest BCUT2D eigenvalue weighted by Gasteiger charge is 2.13. The van der Waals surface area contributed by atoms with Crippen LogP contribution < -0.4 is 5.32 Å². The summed E-state index contributed by atoms with van der Waals surface area (Å²) >= 11 is 0. The highest BCUT2D eigenvalue weighted by atomic mass is 16.5. The number of aromatic nitrogens is 2. The van der Waals surface area contributed by atoms with Crippen LogP contribution in [0, 0.1) is 0 Å². The summed E-state index contributed by atoms with van der Waals surface area (Å²) in [6.07, 6.45) is 3.97. The lowest BCUT2D eigenvalue weighted by Crippen LogP contribution is -2.27. The van der Waals surface area contributed by atoms with E-state index in [0.717, 1.165) is 42.7 Å². The number of fused-ring (bicyclic) bond motifs is 1. The number of hydrogen-bond donors (Lipinski definition) is 1. The third kappa shape index (κ3) is 3.99. The molecule has 1 unspecified atom stereocenters. The molecule has 0 bridgehead atoms. The van der Waals surface area contributed by atoms with Crippen LogP contribution in [0.25, 0.3) is 11.0 Å². The van der Waals surface area contributed by atoms with Crippen molar-refractivity contribution in [1.82, 2.24) is 15.3 Å². The summed E-state index contributed by atoms with van der Waals surface area (Å²) in [5.74, 6) is 0. The van der Waals surface area contributed by atoms with E-state index in [4.69, 9.17) is 9.72 Å². The molecule has 2 aromatic rings. The van der Waals surface area contributed by atoms with Crippen molar-refractivity contribution in [2.75, 3.05) is 19.8 Å². The smallest absolute Gasteiger partial charge is 0.0890 e. The number of rotatable bonds is 8. The fourth-order valence-corrected chi connectivity index (χ4v) is 2.05. The van der Waals surface area contributed by atoms with E-state index < -0.39 is 0 Å². The molecule has 4 heteroatoms. The number of hydrogen-bond acceptors (Lipinski definition) is 4. The van der Waals surface area contributed by atoms with E-state index in [2.05, 4.69) is 24.1 Å². The number of benzene rings is 1. The molecule has 0 radical (unpaired) electrons. The highest BCUT2D eigenvalue weighted by Crippen LogP contribution is 2.15. The van der Waals surface area contributed by atoms with Crippen molar-refractivity contribution in [3.63, 3.8) is 0 Å². The molecule has 1 aromatic carbocycles. The average molecular weight is 273 g/mol. The number of nitrogens with one attached hydrogen (secondary N) is 1. The molecule has 1 N–H and O–H groups in total. The lowest BCUT2D eigenvalue weighted by molar-refractivity contribution is 0.111. The van der Waals surface area contributed by atoms with Gasteiger partial charge in [0.2, 0.25) is 0 Å². The lowest BCUT2D eigenvalue weighted by Gasteiger charge is -2.18. The first-order valence-corrected chi connectivity index (χ1v) is 7.38. The zero-order chi connectivity index (χ0) is 14.2. The van der Waals surface area contributed by atoms with Crippen LogP contribution in [0.2, 0.25) is 0 Å². The van der Waals surface area contributed by atoms with Crippen molar-refractivity contribution < 1.29 is 4.74 Å². The molecule has 0 spiro atoms. The molecule has 1 atom stereocenters. The number of ether oxygens (including phenoxy) is 1. The average Bonchev–Trinajstić information content (AvgIpc) is 2.50. The van der Waals surface area contributed by atoms with Crippen LogP contribution >= 0.6 is 0 Å². The van der Waals surface area contributed by atoms with E-state index in [1.165, 1.54) is 0 Å². The molecule has 0 fully saturated rings. The van der Waals surface area contributed by atoms with Crippen molar-refractivity contribution in [2.24, 2.45) is 0 Å². The van der Waals surface area contributed by atoms with Gasteiger partial charge in [0.05, 0.1) is 35.6 Å². The van der Waals surface area contributed by atoms with Gasteiger partial charge < -0.3 is 10.1 Å².